The van der Waals surface area contributed by atoms with Crippen molar-refractivity contribution in [2.24, 2.45) is 5.92 Å². The predicted octanol–water partition coefficient (Wildman–Crippen LogP) is 4.62. The molecule has 0 bridgehead atoms. The van der Waals surface area contributed by atoms with Crippen LogP contribution in [0.3, 0.4) is 0 Å². The fourth-order valence-corrected chi connectivity index (χ4v) is 4.64. The van der Waals surface area contributed by atoms with Crippen LogP contribution in [0.2, 0.25) is 5.02 Å². The molecule has 2 N–H and O–H groups in total. The van der Waals surface area contributed by atoms with Gasteiger partial charge in [-0.2, -0.15) is 0 Å². The summed E-state index contributed by atoms with van der Waals surface area (Å²) < 4.78 is 1.85. The molecule has 1 saturated carbocycles. The van der Waals surface area contributed by atoms with E-state index >= 15 is 0 Å². The van der Waals surface area contributed by atoms with E-state index in [-0.39, 0.29) is 17.7 Å². The summed E-state index contributed by atoms with van der Waals surface area (Å²) in [7, 11) is 1.79. The van der Waals surface area contributed by atoms with Gasteiger partial charge in [-0.25, -0.2) is 4.98 Å². The number of aromatic nitrogens is 2. The summed E-state index contributed by atoms with van der Waals surface area (Å²) in [5.41, 5.74) is 2.65. The Bertz CT molecular complexity index is 1230. The van der Waals surface area contributed by atoms with Crippen molar-refractivity contribution in [2.75, 3.05) is 23.8 Å². The summed E-state index contributed by atoms with van der Waals surface area (Å²) in [6.07, 6.45) is 5.20. The van der Waals surface area contributed by atoms with Crippen molar-refractivity contribution < 1.29 is 14.4 Å². The molecule has 0 unspecified atom stereocenters. The number of hydrogen-bond acceptors (Lipinski definition) is 4. The van der Waals surface area contributed by atoms with E-state index in [0.29, 0.717) is 47.5 Å². The van der Waals surface area contributed by atoms with Crippen LogP contribution in [0.15, 0.2) is 42.5 Å². The molecular formula is C26H30ClN5O3. The molecule has 2 aromatic carbocycles. The Labute approximate surface area is 209 Å². The van der Waals surface area contributed by atoms with E-state index in [1.165, 1.54) is 19.8 Å². The number of carbonyl (C=O) groups excluding carboxylic acids is 3. The molecule has 1 heterocycles. The second-order valence-corrected chi connectivity index (χ2v) is 9.45. The van der Waals surface area contributed by atoms with Crippen LogP contribution in [0.5, 0.6) is 0 Å². The Morgan fingerprint density at radius 3 is 2.51 bits per heavy atom. The number of anilines is 2. The minimum Gasteiger partial charge on any atom is -0.355 e. The van der Waals surface area contributed by atoms with Crippen LogP contribution in [0.1, 0.15) is 49.4 Å². The number of rotatable bonds is 8. The molecule has 0 radical (unpaired) electrons. The first-order chi connectivity index (χ1) is 16.8. The molecule has 3 amide bonds. The zero-order chi connectivity index (χ0) is 24.9. The molecule has 0 spiro atoms. The number of fused-ring (bicyclic) bond motifs is 1. The monoisotopic (exact) mass is 495 g/mol. The van der Waals surface area contributed by atoms with E-state index in [2.05, 4.69) is 15.6 Å². The first-order valence-electron chi connectivity index (χ1n) is 11.9. The summed E-state index contributed by atoms with van der Waals surface area (Å²) >= 11 is 5.94. The van der Waals surface area contributed by atoms with Crippen molar-refractivity contribution in [3.05, 3.63) is 53.1 Å². The van der Waals surface area contributed by atoms with Gasteiger partial charge in [0.05, 0.1) is 11.0 Å². The molecule has 0 saturated heterocycles. The third kappa shape index (κ3) is 6.00. The van der Waals surface area contributed by atoms with Gasteiger partial charge in [0.1, 0.15) is 0 Å². The summed E-state index contributed by atoms with van der Waals surface area (Å²) in [6.45, 7) is 2.26. The molecule has 184 valence electrons. The summed E-state index contributed by atoms with van der Waals surface area (Å²) in [5, 5.41) is 6.19. The number of halogens is 1. The normalized spacial score (nSPS) is 13.7. The molecule has 1 aliphatic carbocycles. The van der Waals surface area contributed by atoms with Gasteiger partial charge in [0.25, 0.3) is 5.91 Å². The molecule has 0 atom stereocenters. The van der Waals surface area contributed by atoms with Gasteiger partial charge in [-0.1, -0.05) is 24.4 Å². The van der Waals surface area contributed by atoms with E-state index in [9.17, 15) is 14.4 Å². The second-order valence-electron chi connectivity index (χ2n) is 9.01. The van der Waals surface area contributed by atoms with Gasteiger partial charge in [-0.3, -0.25) is 19.7 Å². The highest BCUT2D eigenvalue weighted by molar-refractivity contribution is 6.30. The van der Waals surface area contributed by atoms with Crippen molar-refractivity contribution in [1.82, 2.24) is 14.9 Å². The van der Waals surface area contributed by atoms with Gasteiger partial charge in [0, 0.05) is 49.8 Å². The van der Waals surface area contributed by atoms with Crippen molar-refractivity contribution in [2.45, 2.75) is 45.6 Å². The zero-order valence-electron chi connectivity index (χ0n) is 20.0. The number of benzene rings is 2. The third-order valence-electron chi connectivity index (χ3n) is 6.47. The van der Waals surface area contributed by atoms with Crippen molar-refractivity contribution in [1.29, 1.82) is 0 Å². The Morgan fingerprint density at radius 2 is 1.83 bits per heavy atom. The van der Waals surface area contributed by atoms with E-state index in [1.807, 2.05) is 22.8 Å². The SMILES string of the molecule is CC(=O)NCCn1c(NC(=O)c2ccc(Cl)cc2)nc2cc(N(C)C(=O)CC3CCCC3)ccc21. The minimum atomic E-state index is -0.318. The van der Waals surface area contributed by atoms with Crippen LogP contribution >= 0.6 is 11.6 Å². The molecule has 1 fully saturated rings. The number of carbonyl (C=O) groups is 3. The molecule has 4 rings (SSSR count). The van der Waals surface area contributed by atoms with Crippen molar-refractivity contribution in [3.63, 3.8) is 0 Å². The molecule has 9 heteroatoms. The molecule has 1 aromatic heterocycles. The van der Waals surface area contributed by atoms with Crippen LogP contribution in [-0.4, -0.2) is 40.9 Å². The lowest BCUT2D eigenvalue weighted by molar-refractivity contribution is -0.119. The number of imidazole rings is 1. The lowest BCUT2D eigenvalue weighted by Crippen LogP contribution is -2.27. The van der Waals surface area contributed by atoms with Crippen LogP contribution in [0, 0.1) is 5.92 Å². The van der Waals surface area contributed by atoms with Gasteiger partial charge in [0.15, 0.2) is 0 Å². The largest absolute Gasteiger partial charge is 0.355 e. The third-order valence-corrected chi connectivity index (χ3v) is 6.72. The highest BCUT2D eigenvalue weighted by Gasteiger charge is 2.22. The Balaban J connectivity index is 1.59. The van der Waals surface area contributed by atoms with Gasteiger partial charge in [-0.15, -0.1) is 0 Å². The average molecular weight is 496 g/mol. The number of nitrogens with one attached hydrogen (secondary N) is 2. The maximum Gasteiger partial charge on any atom is 0.257 e. The predicted molar refractivity (Wildman–Crippen MR) is 138 cm³/mol. The maximum absolute atomic E-state index is 12.8. The first kappa shape index (κ1) is 24.7. The molecule has 3 aromatic rings. The van der Waals surface area contributed by atoms with Gasteiger partial charge < -0.3 is 14.8 Å². The Kier molecular flexibility index (Phi) is 7.70. The highest BCUT2D eigenvalue weighted by Crippen LogP contribution is 2.30. The number of amides is 3. The van der Waals surface area contributed by atoms with E-state index in [1.54, 1.807) is 36.2 Å². The van der Waals surface area contributed by atoms with Crippen molar-refractivity contribution >= 4 is 52.0 Å². The van der Waals surface area contributed by atoms with Gasteiger partial charge >= 0.3 is 0 Å². The number of hydrogen-bond donors (Lipinski definition) is 2. The second kappa shape index (κ2) is 10.9. The molecular weight excluding hydrogens is 466 g/mol. The summed E-state index contributed by atoms with van der Waals surface area (Å²) in [6, 6.07) is 12.2. The van der Waals surface area contributed by atoms with Crippen LogP contribution in [-0.2, 0) is 16.1 Å². The Morgan fingerprint density at radius 1 is 1.11 bits per heavy atom. The summed E-state index contributed by atoms with van der Waals surface area (Å²) in [4.78, 5) is 43.4. The first-order valence-corrected chi connectivity index (χ1v) is 12.3. The molecule has 8 nitrogen and oxygen atoms in total. The molecule has 0 aliphatic heterocycles. The zero-order valence-corrected chi connectivity index (χ0v) is 20.8. The molecule has 35 heavy (non-hydrogen) atoms. The van der Waals surface area contributed by atoms with Gasteiger partial charge in [0.2, 0.25) is 17.8 Å². The van der Waals surface area contributed by atoms with E-state index in [0.717, 1.165) is 24.0 Å². The van der Waals surface area contributed by atoms with Crippen LogP contribution in [0.4, 0.5) is 11.6 Å². The quantitative estimate of drug-likeness (QED) is 0.476. The van der Waals surface area contributed by atoms with E-state index < -0.39 is 0 Å². The summed E-state index contributed by atoms with van der Waals surface area (Å²) in [5.74, 6) is 0.476. The fourth-order valence-electron chi connectivity index (χ4n) is 4.51. The van der Waals surface area contributed by atoms with Crippen LogP contribution < -0.4 is 15.5 Å². The highest BCUT2D eigenvalue weighted by atomic mass is 35.5. The topological polar surface area (TPSA) is 96.3 Å². The smallest absolute Gasteiger partial charge is 0.257 e. The maximum atomic E-state index is 12.8. The number of nitrogens with zero attached hydrogens (tertiary/aromatic N) is 3. The minimum absolute atomic E-state index is 0.0950. The van der Waals surface area contributed by atoms with Gasteiger partial charge in [-0.05, 0) is 61.2 Å². The standard InChI is InChI=1S/C26H30ClN5O3/c1-17(33)28-13-14-32-23-12-11-21(31(2)24(34)15-18-5-3-4-6-18)16-22(23)29-26(32)30-25(35)19-7-9-20(27)10-8-19/h7-12,16,18H,3-6,13-15H2,1-2H3,(H,28,33)(H,29,30,35). The van der Waals surface area contributed by atoms with Crippen molar-refractivity contribution in [3.8, 4) is 0 Å². The van der Waals surface area contributed by atoms with E-state index in [4.69, 9.17) is 11.6 Å². The lowest BCUT2D eigenvalue weighted by Gasteiger charge is -2.19. The fraction of sp³-hybridized carbons (Fsp3) is 0.385. The molecule has 1 aliphatic rings. The Hall–Kier alpha value is -3.39. The van der Waals surface area contributed by atoms with Crippen LogP contribution in [0.25, 0.3) is 11.0 Å². The average Bonchev–Trinajstić information content (AvgIpc) is 3.46. The lowest BCUT2D eigenvalue weighted by atomic mass is 10.0.